The van der Waals surface area contributed by atoms with Crippen LogP contribution in [0.4, 0.5) is 0 Å². The molecule has 2 rings (SSSR count). The minimum atomic E-state index is -0.0612. The fraction of sp³-hybridized carbons (Fsp3) is 0.500. The molecule has 0 aromatic heterocycles. The van der Waals surface area contributed by atoms with E-state index >= 15 is 0 Å². The second kappa shape index (κ2) is 7.08. The Bertz CT molecular complexity index is 453. The Morgan fingerprint density at radius 3 is 2.50 bits per heavy atom. The maximum absolute atomic E-state index is 11.9. The van der Waals surface area contributed by atoms with Gasteiger partial charge in [0.25, 0.3) is 0 Å². The van der Waals surface area contributed by atoms with Gasteiger partial charge in [0.1, 0.15) is 0 Å². The molecule has 4 heteroatoms. The Morgan fingerprint density at radius 1 is 1.20 bits per heavy atom. The summed E-state index contributed by atoms with van der Waals surface area (Å²) in [5.41, 5.74) is 1.15. The molecular formula is C16H22N2O2. The minimum Gasteiger partial charge on any atom is -0.347 e. The summed E-state index contributed by atoms with van der Waals surface area (Å²) in [5, 5.41) is 2.73. The fourth-order valence-corrected chi connectivity index (χ4v) is 2.50. The van der Waals surface area contributed by atoms with Crippen molar-refractivity contribution >= 4 is 11.8 Å². The number of nitrogens with zero attached hydrogens (tertiary/aromatic N) is 1. The molecule has 1 heterocycles. The van der Waals surface area contributed by atoms with Crippen molar-refractivity contribution in [3.63, 3.8) is 0 Å². The Hall–Kier alpha value is -1.84. The highest BCUT2D eigenvalue weighted by atomic mass is 16.2. The SMILES string of the molecule is C[C@H](CC(=O)NCC(=O)N1CCCC1)c1ccccc1. The zero-order valence-corrected chi connectivity index (χ0v) is 12.0. The minimum absolute atomic E-state index is 0.0308. The van der Waals surface area contributed by atoms with E-state index in [0.717, 1.165) is 31.5 Å². The van der Waals surface area contributed by atoms with Crippen LogP contribution in [-0.4, -0.2) is 36.3 Å². The van der Waals surface area contributed by atoms with Gasteiger partial charge in [-0.2, -0.15) is 0 Å². The molecule has 0 bridgehead atoms. The van der Waals surface area contributed by atoms with Crippen molar-refractivity contribution in [1.82, 2.24) is 10.2 Å². The zero-order chi connectivity index (χ0) is 14.4. The van der Waals surface area contributed by atoms with Gasteiger partial charge in [0, 0.05) is 19.5 Å². The molecule has 4 nitrogen and oxygen atoms in total. The van der Waals surface area contributed by atoms with Gasteiger partial charge in [-0.1, -0.05) is 37.3 Å². The zero-order valence-electron chi connectivity index (χ0n) is 12.0. The highest BCUT2D eigenvalue weighted by Gasteiger charge is 2.18. The van der Waals surface area contributed by atoms with Crippen LogP contribution in [0, 0.1) is 0 Å². The van der Waals surface area contributed by atoms with E-state index in [1.807, 2.05) is 42.2 Å². The van der Waals surface area contributed by atoms with Gasteiger partial charge in [0.15, 0.2) is 0 Å². The molecule has 1 aliphatic heterocycles. The van der Waals surface area contributed by atoms with Crippen molar-refractivity contribution in [3.05, 3.63) is 35.9 Å². The molecule has 108 valence electrons. The summed E-state index contributed by atoms with van der Waals surface area (Å²) >= 11 is 0. The molecule has 0 spiro atoms. The van der Waals surface area contributed by atoms with Gasteiger partial charge in [0.2, 0.25) is 11.8 Å². The lowest BCUT2D eigenvalue weighted by Crippen LogP contribution is -2.38. The molecule has 0 saturated carbocycles. The predicted octanol–water partition coefficient (Wildman–Crippen LogP) is 1.92. The molecule has 1 aromatic rings. The molecule has 1 aliphatic rings. The third kappa shape index (κ3) is 4.08. The van der Waals surface area contributed by atoms with Gasteiger partial charge in [0.05, 0.1) is 6.54 Å². The Kier molecular flexibility index (Phi) is 5.16. The lowest BCUT2D eigenvalue weighted by atomic mass is 9.98. The molecule has 1 atom stereocenters. The summed E-state index contributed by atoms with van der Waals surface area (Å²) in [4.78, 5) is 25.5. The average molecular weight is 274 g/mol. The van der Waals surface area contributed by atoms with Crippen molar-refractivity contribution in [2.75, 3.05) is 19.6 Å². The van der Waals surface area contributed by atoms with E-state index in [1.54, 1.807) is 0 Å². The largest absolute Gasteiger partial charge is 0.347 e. The van der Waals surface area contributed by atoms with Gasteiger partial charge < -0.3 is 10.2 Å². The van der Waals surface area contributed by atoms with E-state index in [-0.39, 0.29) is 24.3 Å². The van der Waals surface area contributed by atoms with Crippen LogP contribution in [0.3, 0.4) is 0 Å². The van der Waals surface area contributed by atoms with Crippen molar-refractivity contribution in [1.29, 1.82) is 0 Å². The standard InChI is InChI=1S/C16H22N2O2/c1-13(14-7-3-2-4-8-14)11-15(19)17-12-16(20)18-9-5-6-10-18/h2-4,7-8,13H,5-6,9-12H2,1H3,(H,17,19)/t13-/m1/s1. The molecule has 0 radical (unpaired) electrons. The van der Waals surface area contributed by atoms with Crippen molar-refractivity contribution < 1.29 is 9.59 Å². The second-order valence-electron chi connectivity index (χ2n) is 5.38. The van der Waals surface area contributed by atoms with Gasteiger partial charge in [-0.05, 0) is 24.3 Å². The number of likely N-dealkylation sites (tertiary alicyclic amines) is 1. The summed E-state index contributed by atoms with van der Waals surface area (Å²) in [6.45, 7) is 3.81. The number of carbonyl (C=O) groups excluding carboxylic acids is 2. The molecule has 0 aliphatic carbocycles. The third-order valence-corrected chi connectivity index (χ3v) is 3.76. The fourth-order valence-electron chi connectivity index (χ4n) is 2.50. The number of hydrogen-bond donors (Lipinski definition) is 1. The topological polar surface area (TPSA) is 49.4 Å². The third-order valence-electron chi connectivity index (χ3n) is 3.76. The van der Waals surface area contributed by atoms with Crippen LogP contribution in [0.1, 0.15) is 37.7 Å². The van der Waals surface area contributed by atoms with E-state index < -0.39 is 0 Å². The van der Waals surface area contributed by atoms with Crippen molar-refractivity contribution in [3.8, 4) is 0 Å². The second-order valence-corrected chi connectivity index (χ2v) is 5.38. The quantitative estimate of drug-likeness (QED) is 0.891. The highest BCUT2D eigenvalue weighted by molar-refractivity contribution is 5.85. The van der Waals surface area contributed by atoms with Crippen LogP contribution in [0.15, 0.2) is 30.3 Å². The maximum atomic E-state index is 11.9. The van der Waals surface area contributed by atoms with E-state index in [1.165, 1.54) is 0 Å². The van der Waals surface area contributed by atoms with E-state index in [9.17, 15) is 9.59 Å². The first-order valence-corrected chi connectivity index (χ1v) is 7.26. The molecular weight excluding hydrogens is 252 g/mol. The molecule has 2 amide bonds. The van der Waals surface area contributed by atoms with E-state index in [4.69, 9.17) is 0 Å². The summed E-state index contributed by atoms with van der Waals surface area (Å²) in [5.74, 6) is 0.134. The number of nitrogens with one attached hydrogen (secondary N) is 1. The van der Waals surface area contributed by atoms with Crippen molar-refractivity contribution in [2.45, 2.75) is 32.1 Å². The molecule has 1 N–H and O–H groups in total. The van der Waals surface area contributed by atoms with Crippen LogP contribution in [-0.2, 0) is 9.59 Å². The predicted molar refractivity (Wildman–Crippen MR) is 78.3 cm³/mol. The van der Waals surface area contributed by atoms with E-state index in [0.29, 0.717) is 6.42 Å². The maximum Gasteiger partial charge on any atom is 0.241 e. The summed E-state index contributed by atoms with van der Waals surface area (Å²) in [6.07, 6.45) is 2.56. The van der Waals surface area contributed by atoms with Crippen molar-refractivity contribution in [2.24, 2.45) is 0 Å². The smallest absolute Gasteiger partial charge is 0.241 e. The van der Waals surface area contributed by atoms with Crippen LogP contribution < -0.4 is 5.32 Å². The number of benzene rings is 1. The van der Waals surface area contributed by atoms with E-state index in [2.05, 4.69) is 5.32 Å². The number of amides is 2. The summed E-state index contributed by atoms with van der Waals surface area (Å²) in [6, 6.07) is 9.95. The normalized spacial score (nSPS) is 15.9. The van der Waals surface area contributed by atoms with Crippen LogP contribution in [0.5, 0.6) is 0 Å². The van der Waals surface area contributed by atoms with Crippen LogP contribution in [0.2, 0.25) is 0 Å². The molecule has 20 heavy (non-hydrogen) atoms. The Balaban J connectivity index is 1.73. The lowest BCUT2D eigenvalue weighted by Gasteiger charge is -2.16. The molecule has 0 unspecified atom stereocenters. The molecule has 1 saturated heterocycles. The van der Waals surface area contributed by atoms with Gasteiger partial charge in [-0.25, -0.2) is 0 Å². The summed E-state index contributed by atoms with van der Waals surface area (Å²) in [7, 11) is 0. The Morgan fingerprint density at radius 2 is 1.85 bits per heavy atom. The lowest BCUT2D eigenvalue weighted by molar-refractivity contribution is -0.132. The number of rotatable bonds is 5. The monoisotopic (exact) mass is 274 g/mol. The van der Waals surface area contributed by atoms with Crippen LogP contribution >= 0.6 is 0 Å². The van der Waals surface area contributed by atoms with Gasteiger partial charge in [-0.15, -0.1) is 0 Å². The summed E-state index contributed by atoms with van der Waals surface area (Å²) < 4.78 is 0. The van der Waals surface area contributed by atoms with Gasteiger partial charge >= 0.3 is 0 Å². The van der Waals surface area contributed by atoms with Crippen LogP contribution in [0.25, 0.3) is 0 Å². The number of carbonyl (C=O) groups is 2. The molecule has 1 aromatic carbocycles. The average Bonchev–Trinajstić information content (AvgIpc) is 3.00. The highest BCUT2D eigenvalue weighted by Crippen LogP contribution is 2.18. The number of hydrogen-bond acceptors (Lipinski definition) is 2. The molecule has 1 fully saturated rings. The first-order valence-electron chi connectivity index (χ1n) is 7.26. The first-order chi connectivity index (χ1) is 9.66. The first kappa shape index (κ1) is 14.6. The Labute approximate surface area is 120 Å². The van der Waals surface area contributed by atoms with Gasteiger partial charge in [-0.3, -0.25) is 9.59 Å².